The third kappa shape index (κ3) is 2.78. The summed E-state index contributed by atoms with van der Waals surface area (Å²) in [7, 11) is 0. The lowest BCUT2D eigenvalue weighted by Crippen LogP contribution is -2.04. The topological polar surface area (TPSA) is 17.1 Å². The van der Waals surface area contributed by atoms with Gasteiger partial charge < -0.3 is 0 Å². The molecule has 0 aromatic heterocycles. The Morgan fingerprint density at radius 1 is 1.05 bits per heavy atom. The third-order valence-electron chi connectivity index (χ3n) is 4.73. The average Bonchev–Trinajstić information content (AvgIpc) is 3.30. The molecule has 0 saturated heterocycles. The summed E-state index contributed by atoms with van der Waals surface area (Å²) in [6.07, 6.45) is 2.06. The van der Waals surface area contributed by atoms with Crippen molar-refractivity contribution in [1.29, 1.82) is 0 Å². The Kier molecular flexibility index (Phi) is 3.67. The molecule has 1 nitrogen and oxygen atoms in total. The molecule has 0 amide bonds. The Bertz CT molecular complexity index is 667. The number of carbonyl (C=O) groups excluding carboxylic acids is 1. The number of benzene rings is 2. The van der Waals surface area contributed by atoms with Crippen LogP contribution in [0.5, 0.6) is 0 Å². The van der Waals surface area contributed by atoms with Gasteiger partial charge in [-0.05, 0) is 60.9 Å². The second-order valence-electron chi connectivity index (χ2n) is 6.21. The van der Waals surface area contributed by atoms with E-state index < -0.39 is 0 Å². The monoisotopic (exact) mass is 278 g/mol. The van der Waals surface area contributed by atoms with Crippen molar-refractivity contribution >= 4 is 5.78 Å². The summed E-state index contributed by atoms with van der Waals surface area (Å²) in [5, 5.41) is 0. The van der Waals surface area contributed by atoms with Crippen molar-refractivity contribution in [3.63, 3.8) is 0 Å². The minimum absolute atomic E-state index is 0.180. The van der Waals surface area contributed by atoms with E-state index in [1.165, 1.54) is 22.3 Å². The maximum absolute atomic E-state index is 12.6. The Balaban J connectivity index is 1.74. The second kappa shape index (κ2) is 5.48. The summed E-state index contributed by atoms with van der Waals surface area (Å²) in [6, 6.07) is 14.8. The molecular formula is C20H22O. The minimum atomic E-state index is 0.180. The van der Waals surface area contributed by atoms with Crippen LogP contribution < -0.4 is 0 Å². The van der Waals surface area contributed by atoms with Gasteiger partial charge in [-0.15, -0.1) is 0 Å². The maximum atomic E-state index is 12.6. The fraction of sp³-hybridized carbons (Fsp3) is 0.350. The first-order valence-corrected chi connectivity index (χ1v) is 7.80. The van der Waals surface area contributed by atoms with Crippen LogP contribution in [-0.4, -0.2) is 5.78 Å². The number of hydrogen-bond donors (Lipinski definition) is 0. The van der Waals surface area contributed by atoms with Gasteiger partial charge in [0.1, 0.15) is 0 Å². The van der Waals surface area contributed by atoms with Crippen LogP contribution in [-0.2, 0) is 6.42 Å². The first-order chi connectivity index (χ1) is 10.1. The second-order valence-corrected chi connectivity index (χ2v) is 6.21. The van der Waals surface area contributed by atoms with Gasteiger partial charge in [0, 0.05) is 11.5 Å². The van der Waals surface area contributed by atoms with Crippen LogP contribution in [0.25, 0.3) is 0 Å². The van der Waals surface area contributed by atoms with Crippen LogP contribution in [0, 0.1) is 19.8 Å². The minimum Gasteiger partial charge on any atom is -0.294 e. The molecule has 2 unspecified atom stereocenters. The normalized spacial score (nSPS) is 20.3. The molecule has 0 N–H and O–H groups in total. The van der Waals surface area contributed by atoms with E-state index >= 15 is 0 Å². The molecule has 108 valence electrons. The quantitative estimate of drug-likeness (QED) is 0.730. The van der Waals surface area contributed by atoms with Crippen LogP contribution in [0.1, 0.15) is 51.9 Å². The van der Waals surface area contributed by atoms with Gasteiger partial charge >= 0.3 is 0 Å². The first-order valence-electron chi connectivity index (χ1n) is 7.80. The van der Waals surface area contributed by atoms with Crippen molar-refractivity contribution in [3.05, 3.63) is 70.3 Å². The van der Waals surface area contributed by atoms with Gasteiger partial charge in [0.2, 0.25) is 0 Å². The van der Waals surface area contributed by atoms with Crippen LogP contribution in [0.4, 0.5) is 0 Å². The lowest BCUT2D eigenvalue weighted by atomic mass is 9.99. The Hall–Kier alpha value is -1.89. The van der Waals surface area contributed by atoms with Crippen molar-refractivity contribution in [2.45, 2.75) is 39.5 Å². The molecule has 2 aromatic carbocycles. The predicted molar refractivity (Wildman–Crippen MR) is 86.9 cm³/mol. The Morgan fingerprint density at radius 2 is 1.76 bits per heavy atom. The third-order valence-corrected chi connectivity index (χ3v) is 4.73. The molecule has 0 radical (unpaired) electrons. The molecule has 1 aliphatic carbocycles. The highest BCUT2D eigenvalue weighted by Gasteiger charge is 2.43. The van der Waals surface area contributed by atoms with E-state index in [1.807, 2.05) is 12.1 Å². The molecule has 0 spiro atoms. The standard InChI is InChI=1S/C20H22O/c1-4-15-6-9-16(10-7-15)18-12-19(18)20(21)17-8-5-13(2)14(3)11-17/h5-11,18-19H,4,12H2,1-3H3. The van der Waals surface area contributed by atoms with E-state index in [0.29, 0.717) is 11.7 Å². The molecule has 0 bridgehead atoms. The molecule has 1 saturated carbocycles. The molecule has 21 heavy (non-hydrogen) atoms. The van der Waals surface area contributed by atoms with Crippen molar-refractivity contribution in [2.24, 2.45) is 5.92 Å². The number of ketones is 1. The van der Waals surface area contributed by atoms with Gasteiger partial charge in [0.15, 0.2) is 5.78 Å². The van der Waals surface area contributed by atoms with Gasteiger partial charge in [-0.1, -0.05) is 43.3 Å². The largest absolute Gasteiger partial charge is 0.294 e. The summed E-state index contributed by atoms with van der Waals surface area (Å²) in [6.45, 7) is 6.32. The molecule has 1 fully saturated rings. The van der Waals surface area contributed by atoms with Gasteiger partial charge in [-0.2, -0.15) is 0 Å². The highest BCUT2D eigenvalue weighted by Crippen LogP contribution is 2.49. The van der Waals surface area contributed by atoms with Crippen molar-refractivity contribution < 1.29 is 4.79 Å². The average molecular weight is 278 g/mol. The Labute approximate surface area is 127 Å². The molecule has 2 aromatic rings. The Morgan fingerprint density at radius 3 is 2.38 bits per heavy atom. The summed E-state index contributed by atoms with van der Waals surface area (Å²) < 4.78 is 0. The van der Waals surface area contributed by atoms with Crippen LogP contribution >= 0.6 is 0 Å². The summed E-state index contributed by atoms with van der Waals surface area (Å²) >= 11 is 0. The number of hydrogen-bond acceptors (Lipinski definition) is 1. The lowest BCUT2D eigenvalue weighted by molar-refractivity contribution is 0.0965. The van der Waals surface area contributed by atoms with Gasteiger partial charge in [-0.25, -0.2) is 0 Å². The number of rotatable bonds is 4. The maximum Gasteiger partial charge on any atom is 0.166 e. The van der Waals surface area contributed by atoms with E-state index in [0.717, 1.165) is 18.4 Å². The van der Waals surface area contributed by atoms with Gasteiger partial charge in [-0.3, -0.25) is 4.79 Å². The van der Waals surface area contributed by atoms with E-state index in [-0.39, 0.29) is 5.92 Å². The molecular weight excluding hydrogens is 256 g/mol. The molecule has 2 atom stereocenters. The molecule has 1 aliphatic rings. The SMILES string of the molecule is CCc1ccc(C2CC2C(=O)c2ccc(C)c(C)c2)cc1. The molecule has 1 heteroatoms. The van der Waals surface area contributed by atoms with Crippen LogP contribution in [0.15, 0.2) is 42.5 Å². The van der Waals surface area contributed by atoms with E-state index in [1.54, 1.807) is 0 Å². The first kappa shape index (κ1) is 14.1. The lowest BCUT2D eigenvalue weighted by Gasteiger charge is -2.05. The summed E-state index contributed by atoms with van der Waals surface area (Å²) in [5.74, 6) is 0.910. The van der Waals surface area contributed by atoms with E-state index in [9.17, 15) is 4.79 Å². The molecule has 0 aliphatic heterocycles. The fourth-order valence-corrected chi connectivity index (χ4v) is 2.96. The van der Waals surface area contributed by atoms with Crippen LogP contribution in [0.3, 0.4) is 0 Å². The molecule has 3 rings (SSSR count). The van der Waals surface area contributed by atoms with Crippen molar-refractivity contribution in [2.75, 3.05) is 0 Å². The van der Waals surface area contributed by atoms with E-state index in [2.05, 4.69) is 51.1 Å². The molecule has 0 heterocycles. The number of Topliss-reactive ketones (excluding diaryl/α,β-unsaturated/α-hetero) is 1. The van der Waals surface area contributed by atoms with Crippen molar-refractivity contribution in [1.82, 2.24) is 0 Å². The van der Waals surface area contributed by atoms with Gasteiger partial charge in [0.05, 0.1) is 0 Å². The highest BCUT2D eigenvalue weighted by molar-refractivity contribution is 6.00. The fourth-order valence-electron chi connectivity index (χ4n) is 2.96. The van der Waals surface area contributed by atoms with Crippen LogP contribution in [0.2, 0.25) is 0 Å². The number of carbonyl (C=O) groups is 1. The smallest absolute Gasteiger partial charge is 0.166 e. The van der Waals surface area contributed by atoms with E-state index in [4.69, 9.17) is 0 Å². The summed E-state index contributed by atoms with van der Waals surface area (Å²) in [4.78, 5) is 12.6. The van der Waals surface area contributed by atoms with Crippen molar-refractivity contribution in [3.8, 4) is 0 Å². The van der Waals surface area contributed by atoms with Gasteiger partial charge in [0.25, 0.3) is 0 Å². The highest BCUT2D eigenvalue weighted by atomic mass is 16.1. The zero-order valence-corrected chi connectivity index (χ0v) is 13.0. The predicted octanol–water partition coefficient (Wildman–Crippen LogP) is 4.85. The number of aryl methyl sites for hydroxylation is 3. The zero-order chi connectivity index (χ0) is 15.0. The zero-order valence-electron chi connectivity index (χ0n) is 13.0. The summed E-state index contributed by atoms with van der Waals surface area (Å²) in [5.41, 5.74) is 5.99.